The number of carbonyl (C=O) groups is 1. The fourth-order valence-electron chi connectivity index (χ4n) is 2.04. The van der Waals surface area contributed by atoms with E-state index < -0.39 is 11.2 Å². The van der Waals surface area contributed by atoms with E-state index in [4.69, 9.17) is 0 Å². The monoisotopic (exact) mass is 326 g/mol. The van der Waals surface area contributed by atoms with E-state index in [9.17, 15) is 14.4 Å². The van der Waals surface area contributed by atoms with Crippen LogP contribution >= 0.6 is 11.8 Å². The van der Waals surface area contributed by atoms with E-state index in [1.165, 1.54) is 23.4 Å². The average Bonchev–Trinajstić information content (AvgIpc) is 2.80. The Bertz CT molecular complexity index is 818. The highest BCUT2D eigenvalue weighted by Gasteiger charge is 2.19. The molecule has 0 radical (unpaired) electrons. The van der Waals surface area contributed by atoms with Gasteiger partial charge in [0.2, 0.25) is 0 Å². The number of fused-ring (bicyclic) bond motifs is 1. The molecule has 0 bridgehead atoms. The molecule has 0 saturated heterocycles. The number of hydrogen-bond acceptors (Lipinski definition) is 6. The van der Waals surface area contributed by atoms with Crippen molar-refractivity contribution in [2.45, 2.75) is 25.5 Å². The number of aryl methyl sites for hydroxylation is 1. The molecule has 0 amide bonds. The van der Waals surface area contributed by atoms with Gasteiger partial charge in [-0.05, 0) is 5.92 Å². The molecular weight excluding hydrogens is 308 g/mol. The number of ether oxygens (including phenoxy) is 1. The lowest BCUT2D eigenvalue weighted by Crippen LogP contribution is -2.29. The van der Waals surface area contributed by atoms with Crippen LogP contribution in [0.5, 0.6) is 0 Å². The van der Waals surface area contributed by atoms with E-state index >= 15 is 0 Å². The first-order valence-corrected chi connectivity index (χ1v) is 7.72. The second kappa shape index (κ2) is 6.39. The van der Waals surface area contributed by atoms with Crippen molar-refractivity contribution in [2.24, 2.45) is 13.0 Å². The smallest absolute Gasteiger partial charge is 0.329 e. The van der Waals surface area contributed by atoms with Gasteiger partial charge in [-0.1, -0.05) is 25.6 Å². The number of H-pyrrole nitrogens is 1. The zero-order valence-electron chi connectivity index (χ0n) is 12.9. The van der Waals surface area contributed by atoms with Gasteiger partial charge in [0.15, 0.2) is 16.3 Å². The zero-order valence-corrected chi connectivity index (χ0v) is 13.7. The molecule has 2 heterocycles. The Kier molecular flexibility index (Phi) is 4.74. The Morgan fingerprint density at radius 3 is 2.68 bits per heavy atom. The molecule has 2 aromatic heterocycles. The van der Waals surface area contributed by atoms with Gasteiger partial charge >= 0.3 is 11.7 Å². The lowest BCUT2D eigenvalue weighted by Gasteiger charge is -2.10. The number of nitrogens with one attached hydrogen (secondary N) is 1. The standard InChI is InChI=1S/C13H18N4O4S/c1-7(2)5-17-9-10(16(3)12(20)15-11(9)19)14-13(17)22-6-8(18)21-4/h7H,5-6H2,1-4H3,(H,15,19,20). The van der Waals surface area contributed by atoms with Gasteiger partial charge in [-0.3, -0.25) is 19.1 Å². The lowest BCUT2D eigenvalue weighted by molar-refractivity contribution is -0.137. The minimum absolute atomic E-state index is 0.0871. The highest BCUT2D eigenvalue weighted by atomic mass is 32.2. The van der Waals surface area contributed by atoms with Gasteiger partial charge in [0.25, 0.3) is 5.56 Å². The van der Waals surface area contributed by atoms with Crippen molar-refractivity contribution in [3.63, 3.8) is 0 Å². The van der Waals surface area contributed by atoms with Crippen LogP contribution in [0.4, 0.5) is 0 Å². The van der Waals surface area contributed by atoms with Crippen molar-refractivity contribution in [1.82, 2.24) is 19.1 Å². The molecule has 120 valence electrons. The molecule has 8 nitrogen and oxygen atoms in total. The van der Waals surface area contributed by atoms with Gasteiger partial charge in [0, 0.05) is 13.6 Å². The van der Waals surface area contributed by atoms with Gasteiger partial charge in [-0.15, -0.1) is 0 Å². The van der Waals surface area contributed by atoms with Crippen LogP contribution in [0.15, 0.2) is 14.7 Å². The number of esters is 1. The van der Waals surface area contributed by atoms with Crippen molar-refractivity contribution in [2.75, 3.05) is 12.9 Å². The minimum atomic E-state index is -0.517. The fourth-order valence-corrected chi connectivity index (χ4v) is 2.88. The number of nitrogens with zero attached hydrogens (tertiary/aromatic N) is 3. The fraction of sp³-hybridized carbons (Fsp3) is 0.538. The average molecular weight is 326 g/mol. The molecule has 0 aromatic carbocycles. The summed E-state index contributed by atoms with van der Waals surface area (Å²) in [6, 6.07) is 0. The normalized spacial score (nSPS) is 11.3. The predicted octanol–water partition coefficient (Wildman–Crippen LogP) is 0.344. The number of rotatable bonds is 5. The van der Waals surface area contributed by atoms with Crippen molar-refractivity contribution in [3.05, 3.63) is 20.8 Å². The number of carbonyl (C=O) groups excluding carboxylic acids is 1. The van der Waals surface area contributed by atoms with Crippen LogP contribution in [0, 0.1) is 5.92 Å². The molecule has 1 N–H and O–H groups in total. The first-order chi connectivity index (χ1) is 10.3. The molecule has 22 heavy (non-hydrogen) atoms. The molecule has 0 atom stereocenters. The number of imidazole rings is 1. The van der Waals surface area contributed by atoms with Crippen LogP contribution in [-0.4, -0.2) is 37.9 Å². The van der Waals surface area contributed by atoms with Crippen LogP contribution in [0.25, 0.3) is 11.2 Å². The Hall–Kier alpha value is -2.03. The number of aromatic nitrogens is 4. The summed E-state index contributed by atoms with van der Waals surface area (Å²) in [6.07, 6.45) is 0. The number of thioether (sulfide) groups is 1. The maximum atomic E-state index is 12.1. The molecule has 0 fully saturated rings. The van der Waals surface area contributed by atoms with Crippen LogP contribution in [0.2, 0.25) is 0 Å². The van der Waals surface area contributed by atoms with E-state index in [1.807, 2.05) is 13.8 Å². The lowest BCUT2D eigenvalue weighted by atomic mass is 10.2. The van der Waals surface area contributed by atoms with Crippen molar-refractivity contribution < 1.29 is 9.53 Å². The SMILES string of the molecule is COC(=O)CSc1nc2c(c(=O)[nH]c(=O)n2C)n1CC(C)C. The molecule has 2 rings (SSSR count). The summed E-state index contributed by atoms with van der Waals surface area (Å²) < 4.78 is 7.64. The molecule has 0 saturated carbocycles. The van der Waals surface area contributed by atoms with Gasteiger partial charge < -0.3 is 9.30 Å². The highest BCUT2D eigenvalue weighted by Crippen LogP contribution is 2.22. The molecular formula is C13H18N4O4S. The van der Waals surface area contributed by atoms with Gasteiger partial charge in [0.1, 0.15) is 0 Å². The maximum Gasteiger partial charge on any atom is 0.329 e. The first kappa shape index (κ1) is 16.3. The third-order valence-electron chi connectivity index (χ3n) is 3.07. The van der Waals surface area contributed by atoms with Crippen molar-refractivity contribution in [3.8, 4) is 0 Å². The quantitative estimate of drug-likeness (QED) is 0.628. The Morgan fingerprint density at radius 1 is 1.41 bits per heavy atom. The summed E-state index contributed by atoms with van der Waals surface area (Å²) in [5.41, 5.74) is -0.350. The number of methoxy groups -OCH3 is 1. The Morgan fingerprint density at radius 2 is 2.09 bits per heavy atom. The predicted molar refractivity (Wildman–Crippen MR) is 83.2 cm³/mol. The van der Waals surface area contributed by atoms with Gasteiger partial charge in [-0.2, -0.15) is 0 Å². The molecule has 2 aromatic rings. The summed E-state index contributed by atoms with van der Waals surface area (Å²) in [7, 11) is 2.86. The molecule has 0 spiro atoms. The summed E-state index contributed by atoms with van der Waals surface area (Å²) in [4.78, 5) is 41.8. The topological polar surface area (TPSA) is 99.0 Å². The largest absolute Gasteiger partial charge is 0.468 e. The first-order valence-electron chi connectivity index (χ1n) is 6.74. The van der Waals surface area contributed by atoms with Crippen molar-refractivity contribution >= 4 is 28.9 Å². The summed E-state index contributed by atoms with van der Waals surface area (Å²) in [5, 5.41) is 0.515. The van der Waals surface area contributed by atoms with E-state index in [1.54, 1.807) is 11.6 Å². The van der Waals surface area contributed by atoms with Crippen LogP contribution < -0.4 is 11.2 Å². The summed E-state index contributed by atoms with van der Waals surface area (Å²) in [6.45, 7) is 4.58. The zero-order chi connectivity index (χ0) is 16.4. The van der Waals surface area contributed by atoms with Crippen LogP contribution in [0.1, 0.15) is 13.8 Å². The highest BCUT2D eigenvalue weighted by molar-refractivity contribution is 7.99. The molecule has 0 unspecified atom stereocenters. The third-order valence-corrected chi connectivity index (χ3v) is 4.02. The van der Waals surface area contributed by atoms with Gasteiger partial charge in [0.05, 0.1) is 12.9 Å². The Labute approximate surface area is 130 Å². The molecule has 0 aliphatic heterocycles. The molecule has 0 aliphatic carbocycles. The van der Waals surface area contributed by atoms with Crippen LogP contribution in [0.3, 0.4) is 0 Å². The minimum Gasteiger partial charge on any atom is -0.468 e. The molecule has 9 heteroatoms. The summed E-state index contributed by atoms with van der Waals surface area (Å²) >= 11 is 1.18. The third kappa shape index (κ3) is 3.08. The number of aromatic amines is 1. The number of hydrogen-bond donors (Lipinski definition) is 1. The Balaban J connectivity index is 2.61. The van der Waals surface area contributed by atoms with E-state index in [-0.39, 0.29) is 17.6 Å². The van der Waals surface area contributed by atoms with E-state index in [0.717, 1.165) is 0 Å². The van der Waals surface area contributed by atoms with E-state index in [2.05, 4.69) is 14.7 Å². The van der Waals surface area contributed by atoms with Crippen LogP contribution in [-0.2, 0) is 23.1 Å². The molecule has 0 aliphatic rings. The van der Waals surface area contributed by atoms with Crippen molar-refractivity contribution in [1.29, 1.82) is 0 Å². The summed E-state index contributed by atoms with van der Waals surface area (Å²) in [5.74, 6) is -0.0218. The maximum absolute atomic E-state index is 12.1. The second-order valence-corrected chi connectivity index (χ2v) is 6.20. The van der Waals surface area contributed by atoms with E-state index in [0.29, 0.717) is 22.9 Å². The second-order valence-electron chi connectivity index (χ2n) is 5.25. The van der Waals surface area contributed by atoms with Gasteiger partial charge in [-0.25, -0.2) is 9.78 Å².